The van der Waals surface area contributed by atoms with Crippen molar-refractivity contribution < 1.29 is 0 Å². The fourth-order valence-corrected chi connectivity index (χ4v) is 10.5. The zero-order valence-corrected chi connectivity index (χ0v) is 35.0. The molecule has 0 aliphatic heterocycles. The Morgan fingerprint density at radius 1 is 0.266 bits per heavy atom. The number of hydrogen-bond donors (Lipinski definition) is 0. The van der Waals surface area contributed by atoms with Crippen LogP contribution >= 0.6 is 0 Å². The average Bonchev–Trinajstić information content (AvgIpc) is 3.70. The van der Waals surface area contributed by atoms with Crippen LogP contribution in [0.15, 0.2) is 243 Å². The number of rotatable bonds is 6. The Hall–Kier alpha value is -8.46. The summed E-state index contributed by atoms with van der Waals surface area (Å²) in [6.07, 6.45) is 0. The van der Waals surface area contributed by atoms with Crippen molar-refractivity contribution in [1.29, 1.82) is 0 Å². The van der Waals surface area contributed by atoms with E-state index in [4.69, 9.17) is 0 Å². The summed E-state index contributed by atoms with van der Waals surface area (Å²) in [6.45, 7) is 0. The Bertz CT molecular complexity index is 3960. The van der Waals surface area contributed by atoms with E-state index in [1.165, 1.54) is 92.4 Å². The molecule has 2 heteroatoms. The second-order valence-corrected chi connectivity index (χ2v) is 16.8. The van der Waals surface area contributed by atoms with Gasteiger partial charge in [-0.1, -0.05) is 194 Å². The number of nitrogens with zero attached hydrogens (tertiary/aromatic N) is 2. The molecule has 12 aromatic carbocycles. The molecule has 0 saturated heterocycles. The van der Waals surface area contributed by atoms with Crippen molar-refractivity contribution >= 4 is 92.7 Å². The standard InChI is InChI=1S/C62H40N2/c1-3-18-42(19-4-1)61-56-29-14-12-26-51(56)52-35-33-47(39-57(52)62(61)43-20-5-2-6-21-43)63(59-38-45-23-9-10-24-49(45)50-25-11-13-27-53(50)59)48-34-36-55-54-28-15-16-30-58(54)64(60(55)40-48)46-32-31-41-17-7-8-22-44(41)37-46/h1-40H. The van der Waals surface area contributed by atoms with Gasteiger partial charge in [0.2, 0.25) is 0 Å². The van der Waals surface area contributed by atoms with Crippen molar-refractivity contribution in [3.05, 3.63) is 243 Å². The minimum absolute atomic E-state index is 1.09. The van der Waals surface area contributed by atoms with E-state index in [2.05, 4.69) is 252 Å². The smallest absolute Gasteiger partial charge is 0.0561 e. The van der Waals surface area contributed by atoms with Gasteiger partial charge in [-0.05, 0) is 119 Å². The van der Waals surface area contributed by atoms with Gasteiger partial charge in [-0.15, -0.1) is 0 Å². The summed E-state index contributed by atoms with van der Waals surface area (Å²) in [7, 11) is 0. The van der Waals surface area contributed by atoms with E-state index in [1.807, 2.05) is 0 Å². The van der Waals surface area contributed by atoms with Gasteiger partial charge in [0.25, 0.3) is 0 Å². The molecule has 0 saturated carbocycles. The van der Waals surface area contributed by atoms with Gasteiger partial charge in [-0.2, -0.15) is 0 Å². The Morgan fingerprint density at radius 3 is 1.50 bits per heavy atom. The number of anilines is 3. The Kier molecular flexibility index (Phi) is 8.25. The maximum atomic E-state index is 2.50. The van der Waals surface area contributed by atoms with Crippen LogP contribution in [0.4, 0.5) is 17.1 Å². The molecule has 298 valence electrons. The van der Waals surface area contributed by atoms with E-state index in [0.717, 1.165) is 28.3 Å². The van der Waals surface area contributed by atoms with Crippen LogP contribution in [0.25, 0.3) is 104 Å². The van der Waals surface area contributed by atoms with Crippen LogP contribution in [0.1, 0.15) is 0 Å². The van der Waals surface area contributed by atoms with Crippen LogP contribution in [0.3, 0.4) is 0 Å². The lowest BCUT2D eigenvalue weighted by atomic mass is 9.85. The van der Waals surface area contributed by atoms with Gasteiger partial charge in [-0.25, -0.2) is 0 Å². The molecule has 0 unspecified atom stereocenters. The highest BCUT2D eigenvalue weighted by atomic mass is 15.1. The van der Waals surface area contributed by atoms with E-state index in [1.54, 1.807) is 0 Å². The number of benzene rings is 12. The first-order chi connectivity index (χ1) is 31.8. The Balaban J connectivity index is 1.15. The lowest BCUT2D eigenvalue weighted by Gasteiger charge is -2.29. The molecule has 0 N–H and O–H groups in total. The summed E-state index contributed by atoms with van der Waals surface area (Å²) in [5.74, 6) is 0. The number of aromatic nitrogens is 1. The molecular weight excluding hydrogens is 773 g/mol. The van der Waals surface area contributed by atoms with Crippen LogP contribution in [0.2, 0.25) is 0 Å². The minimum Gasteiger partial charge on any atom is -0.310 e. The summed E-state index contributed by atoms with van der Waals surface area (Å²) in [5, 5.41) is 14.7. The monoisotopic (exact) mass is 812 g/mol. The predicted octanol–water partition coefficient (Wildman–Crippen LogP) is 17.4. The first-order valence-corrected chi connectivity index (χ1v) is 22.1. The van der Waals surface area contributed by atoms with Gasteiger partial charge in [-0.3, -0.25) is 0 Å². The van der Waals surface area contributed by atoms with Crippen molar-refractivity contribution in [2.75, 3.05) is 4.90 Å². The summed E-state index contributed by atoms with van der Waals surface area (Å²) in [5.41, 5.74) is 11.7. The molecule has 0 aliphatic rings. The van der Waals surface area contributed by atoms with E-state index >= 15 is 0 Å². The van der Waals surface area contributed by atoms with E-state index < -0.39 is 0 Å². The molecule has 0 aliphatic carbocycles. The molecule has 0 atom stereocenters. The molecule has 0 fully saturated rings. The summed E-state index contributed by atoms with van der Waals surface area (Å²) in [6, 6.07) is 89.3. The molecule has 13 aromatic rings. The normalized spacial score (nSPS) is 11.8. The zero-order valence-electron chi connectivity index (χ0n) is 35.0. The van der Waals surface area contributed by atoms with Crippen molar-refractivity contribution in [2.24, 2.45) is 0 Å². The summed E-state index contributed by atoms with van der Waals surface area (Å²) >= 11 is 0. The lowest BCUT2D eigenvalue weighted by molar-refractivity contribution is 1.18. The third kappa shape index (κ3) is 5.66. The molecule has 13 rings (SSSR count). The first kappa shape index (κ1) is 36.2. The fraction of sp³-hybridized carbons (Fsp3) is 0. The molecule has 1 heterocycles. The molecule has 0 bridgehead atoms. The highest BCUT2D eigenvalue weighted by Gasteiger charge is 2.23. The molecule has 0 radical (unpaired) electrons. The maximum absolute atomic E-state index is 2.50. The Labute approximate surface area is 371 Å². The van der Waals surface area contributed by atoms with E-state index in [-0.39, 0.29) is 0 Å². The fourth-order valence-electron chi connectivity index (χ4n) is 10.5. The molecule has 64 heavy (non-hydrogen) atoms. The number of fused-ring (bicyclic) bond motifs is 10. The van der Waals surface area contributed by atoms with Crippen molar-refractivity contribution in [3.8, 4) is 27.9 Å². The first-order valence-electron chi connectivity index (χ1n) is 22.1. The molecule has 0 spiro atoms. The highest BCUT2D eigenvalue weighted by molar-refractivity contribution is 6.23. The highest BCUT2D eigenvalue weighted by Crippen LogP contribution is 2.49. The third-order valence-electron chi connectivity index (χ3n) is 13.3. The van der Waals surface area contributed by atoms with Crippen LogP contribution < -0.4 is 4.90 Å². The van der Waals surface area contributed by atoms with E-state index in [9.17, 15) is 0 Å². The van der Waals surface area contributed by atoms with Crippen molar-refractivity contribution in [2.45, 2.75) is 0 Å². The predicted molar refractivity (Wildman–Crippen MR) is 274 cm³/mol. The SMILES string of the molecule is c1ccc(-c2c(-c3ccccc3)c3cc(N(c4ccc5c6ccccc6n(-c6ccc7ccccc7c6)c5c4)c4cc5ccccc5c5ccccc45)ccc3c3ccccc23)cc1. The second kappa shape index (κ2) is 14.6. The Morgan fingerprint density at radius 2 is 0.766 bits per heavy atom. The quantitative estimate of drug-likeness (QED) is 0.152. The summed E-state index contributed by atoms with van der Waals surface area (Å²) < 4.78 is 2.45. The maximum Gasteiger partial charge on any atom is 0.0561 e. The minimum atomic E-state index is 1.09. The number of hydrogen-bond acceptors (Lipinski definition) is 1. The van der Waals surface area contributed by atoms with Crippen molar-refractivity contribution in [3.63, 3.8) is 0 Å². The van der Waals surface area contributed by atoms with Gasteiger partial charge in [0.15, 0.2) is 0 Å². The topological polar surface area (TPSA) is 8.17 Å². The average molecular weight is 813 g/mol. The molecule has 0 amide bonds. The number of para-hydroxylation sites is 1. The molecular formula is C62H40N2. The zero-order chi connectivity index (χ0) is 42.1. The van der Waals surface area contributed by atoms with Gasteiger partial charge >= 0.3 is 0 Å². The third-order valence-corrected chi connectivity index (χ3v) is 13.3. The van der Waals surface area contributed by atoms with Gasteiger partial charge in [0, 0.05) is 33.2 Å². The van der Waals surface area contributed by atoms with Gasteiger partial charge in [0.1, 0.15) is 0 Å². The molecule has 2 nitrogen and oxygen atoms in total. The lowest BCUT2D eigenvalue weighted by Crippen LogP contribution is -2.11. The van der Waals surface area contributed by atoms with Gasteiger partial charge < -0.3 is 9.47 Å². The van der Waals surface area contributed by atoms with Crippen LogP contribution in [0, 0.1) is 0 Å². The van der Waals surface area contributed by atoms with Crippen LogP contribution in [0.5, 0.6) is 0 Å². The second-order valence-electron chi connectivity index (χ2n) is 16.8. The van der Waals surface area contributed by atoms with Crippen LogP contribution in [-0.4, -0.2) is 4.57 Å². The largest absolute Gasteiger partial charge is 0.310 e. The molecule has 1 aromatic heterocycles. The van der Waals surface area contributed by atoms with Crippen LogP contribution in [-0.2, 0) is 0 Å². The van der Waals surface area contributed by atoms with E-state index in [0.29, 0.717) is 0 Å². The van der Waals surface area contributed by atoms with Crippen molar-refractivity contribution in [1.82, 2.24) is 4.57 Å². The van der Waals surface area contributed by atoms with Gasteiger partial charge in [0.05, 0.1) is 16.7 Å². The summed E-state index contributed by atoms with van der Waals surface area (Å²) in [4.78, 5) is 2.50.